The summed E-state index contributed by atoms with van der Waals surface area (Å²) >= 11 is 0. The van der Waals surface area contributed by atoms with E-state index in [1.54, 1.807) is 0 Å². The van der Waals surface area contributed by atoms with Gasteiger partial charge in [0.25, 0.3) is 0 Å². The van der Waals surface area contributed by atoms with Crippen LogP contribution in [0.15, 0.2) is 24.3 Å². The number of benzene rings is 1. The molecule has 3 nitrogen and oxygen atoms in total. The first-order valence-corrected chi connectivity index (χ1v) is 7.40. The van der Waals surface area contributed by atoms with Gasteiger partial charge in [-0.3, -0.25) is 0 Å². The van der Waals surface area contributed by atoms with Crippen LogP contribution in [0.3, 0.4) is 0 Å². The van der Waals surface area contributed by atoms with Gasteiger partial charge in [-0.15, -0.1) is 0 Å². The molecule has 0 saturated carbocycles. The van der Waals surface area contributed by atoms with E-state index in [4.69, 9.17) is 10.5 Å². The fraction of sp³-hybridized carbons (Fsp3) is 0.625. The highest BCUT2D eigenvalue weighted by molar-refractivity contribution is 5.47. The van der Waals surface area contributed by atoms with E-state index < -0.39 is 0 Å². The lowest BCUT2D eigenvalue weighted by Crippen LogP contribution is -2.32. The molecule has 2 rings (SSSR count). The molecule has 1 aromatic rings. The second-order valence-corrected chi connectivity index (χ2v) is 5.52. The number of rotatable bonds is 6. The van der Waals surface area contributed by atoms with Crippen molar-refractivity contribution in [2.24, 2.45) is 5.73 Å². The van der Waals surface area contributed by atoms with E-state index in [9.17, 15) is 0 Å². The fourth-order valence-corrected chi connectivity index (χ4v) is 2.67. The molecule has 3 heteroatoms. The number of anilines is 1. The summed E-state index contributed by atoms with van der Waals surface area (Å²) in [5.41, 5.74) is 8.43. The van der Waals surface area contributed by atoms with Gasteiger partial charge in [0.15, 0.2) is 0 Å². The fourth-order valence-electron chi connectivity index (χ4n) is 2.67. The van der Waals surface area contributed by atoms with Gasteiger partial charge in [0, 0.05) is 31.4 Å². The molecule has 0 bridgehead atoms. The summed E-state index contributed by atoms with van der Waals surface area (Å²) < 4.78 is 5.72. The van der Waals surface area contributed by atoms with Gasteiger partial charge >= 0.3 is 0 Å². The van der Waals surface area contributed by atoms with Crippen LogP contribution in [0.5, 0.6) is 0 Å². The van der Waals surface area contributed by atoms with Crippen molar-refractivity contribution in [1.29, 1.82) is 0 Å². The quantitative estimate of drug-likeness (QED) is 0.856. The van der Waals surface area contributed by atoms with Gasteiger partial charge in [-0.2, -0.15) is 0 Å². The lowest BCUT2D eigenvalue weighted by Gasteiger charge is -2.26. The standard InChI is InChI=1S/C16H26N2O/c1-3-18(12-16-5-4-10-19-16)15-8-6-14(7-9-15)11-13(2)17/h6-9,13,16H,3-5,10-12,17H2,1-2H3. The molecule has 1 aliphatic heterocycles. The number of ether oxygens (including phenoxy) is 1. The van der Waals surface area contributed by atoms with Crippen LogP contribution < -0.4 is 10.6 Å². The van der Waals surface area contributed by atoms with E-state index >= 15 is 0 Å². The van der Waals surface area contributed by atoms with E-state index in [-0.39, 0.29) is 6.04 Å². The Morgan fingerprint density at radius 1 is 1.37 bits per heavy atom. The van der Waals surface area contributed by atoms with Gasteiger partial charge in [0.2, 0.25) is 0 Å². The number of nitrogens with two attached hydrogens (primary N) is 1. The third-order valence-corrected chi connectivity index (χ3v) is 3.69. The average Bonchev–Trinajstić information content (AvgIpc) is 2.89. The molecule has 1 fully saturated rings. The molecule has 106 valence electrons. The summed E-state index contributed by atoms with van der Waals surface area (Å²) in [5, 5.41) is 0. The van der Waals surface area contributed by atoms with Crippen molar-refractivity contribution in [2.75, 3.05) is 24.6 Å². The molecular formula is C16H26N2O. The maximum atomic E-state index is 5.83. The molecule has 2 unspecified atom stereocenters. The Bertz CT molecular complexity index is 369. The molecule has 0 amide bonds. The Morgan fingerprint density at radius 2 is 2.11 bits per heavy atom. The van der Waals surface area contributed by atoms with Crippen LogP contribution in [-0.2, 0) is 11.2 Å². The predicted molar refractivity (Wildman–Crippen MR) is 80.7 cm³/mol. The van der Waals surface area contributed by atoms with Gasteiger partial charge < -0.3 is 15.4 Å². The van der Waals surface area contributed by atoms with E-state index in [0.717, 1.165) is 26.1 Å². The molecule has 2 atom stereocenters. The molecule has 0 radical (unpaired) electrons. The smallest absolute Gasteiger partial charge is 0.0750 e. The van der Waals surface area contributed by atoms with Gasteiger partial charge in [0.05, 0.1) is 6.10 Å². The largest absolute Gasteiger partial charge is 0.376 e. The van der Waals surface area contributed by atoms with Crippen LogP contribution in [-0.4, -0.2) is 31.8 Å². The SMILES string of the molecule is CCN(CC1CCCO1)c1ccc(CC(C)N)cc1. The number of hydrogen-bond donors (Lipinski definition) is 1. The van der Waals surface area contributed by atoms with Crippen LogP contribution in [0.2, 0.25) is 0 Å². The minimum absolute atomic E-state index is 0.222. The summed E-state index contributed by atoms with van der Waals surface area (Å²) in [7, 11) is 0. The molecule has 1 aliphatic rings. The van der Waals surface area contributed by atoms with Crippen LogP contribution in [0.25, 0.3) is 0 Å². The van der Waals surface area contributed by atoms with Gasteiger partial charge in [-0.05, 0) is 50.8 Å². The highest BCUT2D eigenvalue weighted by Gasteiger charge is 2.18. The van der Waals surface area contributed by atoms with Gasteiger partial charge in [0.1, 0.15) is 0 Å². The molecule has 2 N–H and O–H groups in total. The highest BCUT2D eigenvalue weighted by atomic mass is 16.5. The molecule has 1 heterocycles. The maximum Gasteiger partial charge on any atom is 0.0750 e. The highest BCUT2D eigenvalue weighted by Crippen LogP contribution is 2.20. The van der Waals surface area contributed by atoms with E-state index in [0.29, 0.717) is 6.10 Å². The first kappa shape index (κ1) is 14.4. The van der Waals surface area contributed by atoms with Crippen LogP contribution in [0.1, 0.15) is 32.3 Å². The first-order chi connectivity index (χ1) is 9.19. The number of likely N-dealkylation sites (N-methyl/N-ethyl adjacent to an activating group) is 1. The summed E-state index contributed by atoms with van der Waals surface area (Å²) in [5.74, 6) is 0. The maximum absolute atomic E-state index is 5.83. The molecule has 0 aromatic heterocycles. The third-order valence-electron chi connectivity index (χ3n) is 3.69. The number of hydrogen-bond acceptors (Lipinski definition) is 3. The Labute approximate surface area is 116 Å². The topological polar surface area (TPSA) is 38.5 Å². The van der Waals surface area contributed by atoms with Crippen LogP contribution >= 0.6 is 0 Å². The average molecular weight is 262 g/mol. The minimum Gasteiger partial charge on any atom is -0.376 e. The first-order valence-electron chi connectivity index (χ1n) is 7.40. The Balaban J connectivity index is 1.97. The lowest BCUT2D eigenvalue weighted by molar-refractivity contribution is 0.115. The monoisotopic (exact) mass is 262 g/mol. The summed E-state index contributed by atoms with van der Waals surface area (Å²) in [6.45, 7) is 7.19. The molecule has 19 heavy (non-hydrogen) atoms. The molecule has 1 aromatic carbocycles. The lowest BCUT2D eigenvalue weighted by atomic mass is 10.1. The van der Waals surface area contributed by atoms with E-state index in [2.05, 4.69) is 36.1 Å². The molecule has 0 aliphatic carbocycles. The molecular weight excluding hydrogens is 236 g/mol. The van der Waals surface area contributed by atoms with Gasteiger partial charge in [-0.25, -0.2) is 0 Å². The van der Waals surface area contributed by atoms with Gasteiger partial charge in [-0.1, -0.05) is 12.1 Å². The molecule has 1 saturated heterocycles. The van der Waals surface area contributed by atoms with Crippen molar-refractivity contribution in [3.8, 4) is 0 Å². The van der Waals surface area contributed by atoms with Crippen molar-refractivity contribution in [3.05, 3.63) is 29.8 Å². The van der Waals surface area contributed by atoms with Crippen molar-refractivity contribution >= 4 is 5.69 Å². The zero-order valence-electron chi connectivity index (χ0n) is 12.1. The van der Waals surface area contributed by atoms with Crippen molar-refractivity contribution in [3.63, 3.8) is 0 Å². The summed E-state index contributed by atoms with van der Waals surface area (Å²) in [6, 6.07) is 9.01. The van der Waals surface area contributed by atoms with Crippen LogP contribution in [0, 0.1) is 0 Å². The Hall–Kier alpha value is -1.06. The minimum atomic E-state index is 0.222. The summed E-state index contributed by atoms with van der Waals surface area (Å²) in [4.78, 5) is 2.39. The van der Waals surface area contributed by atoms with Crippen molar-refractivity contribution in [2.45, 2.75) is 45.3 Å². The van der Waals surface area contributed by atoms with Crippen LogP contribution in [0.4, 0.5) is 5.69 Å². The Kier molecular flexibility index (Phi) is 5.23. The van der Waals surface area contributed by atoms with E-state index in [1.165, 1.54) is 24.1 Å². The predicted octanol–water partition coefficient (Wildman–Crippen LogP) is 2.58. The number of nitrogens with zero attached hydrogens (tertiary/aromatic N) is 1. The Morgan fingerprint density at radius 3 is 2.63 bits per heavy atom. The molecule has 0 spiro atoms. The zero-order valence-corrected chi connectivity index (χ0v) is 12.1. The van der Waals surface area contributed by atoms with Crippen molar-refractivity contribution in [1.82, 2.24) is 0 Å². The third kappa shape index (κ3) is 4.22. The second-order valence-electron chi connectivity index (χ2n) is 5.52. The zero-order chi connectivity index (χ0) is 13.7. The summed E-state index contributed by atoms with van der Waals surface area (Å²) in [6.07, 6.45) is 3.75. The second kappa shape index (κ2) is 6.92. The normalized spacial score (nSPS) is 20.5. The van der Waals surface area contributed by atoms with Crippen molar-refractivity contribution < 1.29 is 4.74 Å². The van der Waals surface area contributed by atoms with E-state index in [1.807, 2.05) is 6.92 Å².